The van der Waals surface area contributed by atoms with Crippen LogP contribution in [0.15, 0.2) is 0 Å². The SMILES string of the molecule is CC(=O)OC[C@H]1O[C@@H]2O[C@@H]2[C@@H](OC(C)=O)[C@@H]1OC(C)=O. The van der Waals surface area contributed by atoms with Gasteiger partial charge in [-0.15, -0.1) is 0 Å². The van der Waals surface area contributed by atoms with E-state index in [9.17, 15) is 14.4 Å². The minimum Gasteiger partial charge on any atom is -0.463 e. The summed E-state index contributed by atoms with van der Waals surface area (Å²) in [5, 5.41) is 0. The molecular weight excluding hydrogens is 272 g/mol. The van der Waals surface area contributed by atoms with Crippen LogP contribution in [0.25, 0.3) is 0 Å². The van der Waals surface area contributed by atoms with Crippen molar-refractivity contribution in [3.8, 4) is 0 Å². The molecule has 2 heterocycles. The van der Waals surface area contributed by atoms with E-state index in [0.717, 1.165) is 0 Å². The summed E-state index contributed by atoms with van der Waals surface area (Å²) in [6.07, 6.45) is -3.38. The fraction of sp³-hybridized carbons (Fsp3) is 0.750. The minimum absolute atomic E-state index is 0.113. The first-order valence-electron chi connectivity index (χ1n) is 6.17. The highest BCUT2D eigenvalue weighted by Gasteiger charge is 2.60. The molecule has 0 saturated carbocycles. The minimum atomic E-state index is -0.875. The Kier molecular flexibility index (Phi) is 4.24. The van der Waals surface area contributed by atoms with Gasteiger partial charge < -0.3 is 23.7 Å². The Labute approximate surface area is 115 Å². The molecular formula is C12H16O8. The molecule has 5 atom stereocenters. The smallest absolute Gasteiger partial charge is 0.303 e. The second-order valence-corrected chi connectivity index (χ2v) is 4.59. The molecule has 0 spiro atoms. The molecule has 20 heavy (non-hydrogen) atoms. The largest absolute Gasteiger partial charge is 0.463 e. The highest BCUT2D eigenvalue weighted by atomic mass is 16.8. The van der Waals surface area contributed by atoms with E-state index in [-0.39, 0.29) is 6.61 Å². The normalized spacial score (nSPS) is 34.6. The molecule has 2 aliphatic heterocycles. The van der Waals surface area contributed by atoms with E-state index in [1.165, 1.54) is 20.8 Å². The predicted molar refractivity (Wildman–Crippen MR) is 61.3 cm³/mol. The Hall–Kier alpha value is -1.67. The van der Waals surface area contributed by atoms with Crippen molar-refractivity contribution in [3.05, 3.63) is 0 Å². The Morgan fingerprint density at radius 2 is 1.50 bits per heavy atom. The first kappa shape index (κ1) is 14.7. The third-order valence-electron chi connectivity index (χ3n) is 2.86. The number of hydrogen-bond donors (Lipinski definition) is 0. The standard InChI is InChI=1S/C12H16O8/c1-5(13)16-4-8-9(17-6(2)14)10(18-7(3)15)11-12(19-8)20-11/h8-12H,4H2,1-3H3/t8-,9-,10+,11-,12-/m1/s1. The van der Waals surface area contributed by atoms with Gasteiger partial charge in [0.15, 0.2) is 24.6 Å². The van der Waals surface area contributed by atoms with Crippen LogP contribution in [0.4, 0.5) is 0 Å². The lowest BCUT2D eigenvalue weighted by Gasteiger charge is -2.33. The average Bonchev–Trinajstić information content (AvgIpc) is 3.07. The summed E-state index contributed by atoms with van der Waals surface area (Å²) in [6, 6.07) is 0. The maximum atomic E-state index is 11.2. The van der Waals surface area contributed by atoms with Crippen LogP contribution in [-0.2, 0) is 38.1 Å². The first-order chi connectivity index (χ1) is 9.38. The number of carbonyl (C=O) groups excluding carboxylic acids is 3. The van der Waals surface area contributed by atoms with E-state index >= 15 is 0 Å². The van der Waals surface area contributed by atoms with Crippen LogP contribution in [0.5, 0.6) is 0 Å². The summed E-state index contributed by atoms with van der Waals surface area (Å²) in [7, 11) is 0. The lowest BCUT2D eigenvalue weighted by Crippen LogP contribution is -2.53. The number of hydrogen-bond acceptors (Lipinski definition) is 8. The molecule has 0 aromatic carbocycles. The van der Waals surface area contributed by atoms with Gasteiger partial charge in [0.1, 0.15) is 12.7 Å². The van der Waals surface area contributed by atoms with Gasteiger partial charge in [-0.2, -0.15) is 0 Å². The van der Waals surface area contributed by atoms with Crippen molar-refractivity contribution < 1.29 is 38.1 Å². The van der Waals surface area contributed by atoms with Crippen molar-refractivity contribution in [1.82, 2.24) is 0 Å². The Morgan fingerprint density at radius 1 is 0.900 bits per heavy atom. The van der Waals surface area contributed by atoms with Gasteiger partial charge in [-0.1, -0.05) is 0 Å². The zero-order valence-corrected chi connectivity index (χ0v) is 11.4. The third-order valence-corrected chi connectivity index (χ3v) is 2.86. The van der Waals surface area contributed by atoms with Crippen LogP contribution in [0.1, 0.15) is 20.8 Å². The first-order valence-corrected chi connectivity index (χ1v) is 6.17. The molecule has 8 nitrogen and oxygen atoms in total. The molecule has 0 bridgehead atoms. The van der Waals surface area contributed by atoms with Gasteiger partial charge >= 0.3 is 17.9 Å². The molecule has 0 aromatic heterocycles. The second kappa shape index (κ2) is 5.76. The maximum Gasteiger partial charge on any atom is 0.303 e. The monoisotopic (exact) mass is 288 g/mol. The van der Waals surface area contributed by atoms with Crippen LogP contribution in [0.2, 0.25) is 0 Å². The molecule has 2 fully saturated rings. The van der Waals surface area contributed by atoms with Gasteiger partial charge in [0.05, 0.1) is 0 Å². The zero-order valence-electron chi connectivity index (χ0n) is 11.4. The van der Waals surface area contributed by atoms with Gasteiger partial charge in [-0.25, -0.2) is 0 Å². The molecule has 2 saturated heterocycles. The Balaban J connectivity index is 2.09. The summed E-state index contributed by atoms with van der Waals surface area (Å²) in [6.45, 7) is 3.62. The summed E-state index contributed by atoms with van der Waals surface area (Å²) in [4.78, 5) is 33.2. The fourth-order valence-corrected chi connectivity index (χ4v) is 2.09. The van der Waals surface area contributed by atoms with Crippen LogP contribution in [-0.4, -0.2) is 55.2 Å². The highest BCUT2D eigenvalue weighted by Crippen LogP contribution is 2.38. The number of fused-ring (bicyclic) bond motifs is 1. The van der Waals surface area contributed by atoms with Crippen molar-refractivity contribution >= 4 is 17.9 Å². The molecule has 2 aliphatic rings. The molecule has 2 rings (SSSR count). The van der Waals surface area contributed by atoms with E-state index in [2.05, 4.69) is 0 Å². The van der Waals surface area contributed by atoms with E-state index in [1.807, 2.05) is 0 Å². The lowest BCUT2D eigenvalue weighted by molar-refractivity contribution is -0.197. The van der Waals surface area contributed by atoms with Crippen molar-refractivity contribution in [3.63, 3.8) is 0 Å². The molecule has 0 aliphatic carbocycles. The molecule has 8 heteroatoms. The fourth-order valence-electron chi connectivity index (χ4n) is 2.09. The van der Waals surface area contributed by atoms with Gasteiger partial charge in [0.25, 0.3) is 0 Å². The van der Waals surface area contributed by atoms with Gasteiger partial charge in [-0.05, 0) is 0 Å². The number of carbonyl (C=O) groups is 3. The summed E-state index contributed by atoms with van der Waals surface area (Å²) < 4.78 is 25.8. The average molecular weight is 288 g/mol. The van der Waals surface area contributed by atoms with Crippen LogP contribution >= 0.6 is 0 Å². The van der Waals surface area contributed by atoms with Crippen LogP contribution < -0.4 is 0 Å². The van der Waals surface area contributed by atoms with E-state index in [1.54, 1.807) is 0 Å². The van der Waals surface area contributed by atoms with Crippen LogP contribution in [0.3, 0.4) is 0 Å². The Morgan fingerprint density at radius 3 is 2.05 bits per heavy atom. The highest BCUT2D eigenvalue weighted by molar-refractivity contribution is 5.68. The molecule has 112 valence electrons. The number of epoxide rings is 1. The van der Waals surface area contributed by atoms with Crippen molar-refractivity contribution in [2.75, 3.05) is 6.61 Å². The van der Waals surface area contributed by atoms with Crippen LogP contribution in [0, 0.1) is 0 Å². The van der Waals surface area contributed by atoms with Gasteiger partial charge in [0.2, 0.25) is 0 Å². The van der Waals surface area contributed by atoms with E-state index in [0.29, 0.717) is 0 Å². The summed E-state index contributed by atoms with van der Waals surface area (Å²) in [5.74, 6) is -1.56. The van der Waals surface area contributed by atoms with Crippen molar-refractivity contribution in [1.29, 1.82) is 0 Å². The third kappa shape index (κ3) is 3.45. The number of ether oxygens (including phenoxy) is 5. The van der Waals surface area contributed by atoms with Crippen molar-refractivity contribution in [2.45, 2.75) is 51.5 Å². The summed E-state index contributed by atoms with van der Waals surface area (Å²) >= 11 is 0. The Bertz CT molecular complexity index is 420. The molecule has 0 radical (unpaired) electrons. The topological polar surface area (TPSA) is 101 Å². The molecule has 0 aromatic rings. The summed E-state index contributed by atoms with van der Waals surface area (Å²) in [5.41, 5.74) is 0. The second-order valence-electron chi connectivity index (χ2n) is 4.59. The quantitative estimate of drug-likeness (QED) is 0.389. The van der Waals surface area contributed by atoms with Gasteiger partial charge in [0, 0.05) is 20.8 Å². The molecule has 0 N–H and O–H groups in total. The zero-order chi connectivity index (χ0) is 14.9. The lowest BCUT2D eigenvalue weighted by atomic mass is 10.0. The number of rotatable bonds is 4. The predicted octanol–water partition coefficient (Wildman–Crippen LogP) is -0.463. The molecule has 0 unspecified atom stereocenters. The van der Waals surface area contributed by atoms with Crippen molar-refractivity contribution in [2.24, 2.45) is 0 Å². The number of esters is 3. The van der Waals surface area contributed by atoms with Gasteiger partial charge in [-0.3, -0.25) is 14.4 Å². The van der Waals surface area contributed by atoms with E-state index < -0.39 is 48.6 Å². The van der Waals surface area contributed by atoms with E-state index in [4.69, 9.17) is 23.7 Å². The molecule has 0 amide bonds. The maximum absolute atomic E-state index is 11.2.